The molecule has 0 aliphatic carbocycles. The second kappa shape index (κ2) is 8.33. The van der Waals surface area contributed by atoms with E-state index in [0.717, 1.165) is 5.75 Å². The molecule has 0 saturated heterocycles. The van der Waals surface area contributed by atoms with Crippen molar-refractivity contribution in [2.45, 2.75) is 6.92 Å². The Morgan fingerprint density at radius 1 is 0.667 bits per heavy atom. The van der Waals surface area contributed by atoms with E-state index in [-0.39, 0.29) is 0 Å². The molecule has 0 fully saturated rings. The Morgan fingerprint density at radius 3 is 1.38 bits per heavy atom. The maximum Gasteiger partial charge on any atom is 0.137 e. The van der Waals surface area contributed by atoms with Crippen LogP contribution in [0.5, 0.6) is 0 Å². The van der Waals surface area contributed by atoms with Crippen molar-refractivity contribution in [2.24, 2.45) is 0 Å². The number of rotatable bonds is 6. The Kier molecular flexibility index (Phi) is 5.91. The van der Waals surface area contributed by atoms with Gasteiger partial charge in [0.2, 0.25) is 0 Å². The maximum atomic E-state index is 2.46. The molecule has 0 nitrogen and oxygen atoms in total. The summed E-state index contributed by atoms with van der Waals surface area (Å²) in [5.41, 5.74) is 0. The number of thioether (sulfide) groups is 1. The normalized spacial score (nSPS) is 11.7. The van der Waals surface area contributed by atoms with Gasteiger partial charge in [-0.3, -0.25) is 0 Å². The third-order valence-electron chi connectivity index (χ3n) is 4.04. The van der Waals surface area contributed by atoms with Crippen LogP contribution in [0.2, 0.25) is 0 Å². The quantitative estimate of drug-likeness (QED) is 0.551. The van der Waals surface area contributed by atoms with Gasteiger partial charge in [-0.05, 0) is 42.2 Å². The monoisotopic (exact) mass is 349 g/mol. The summed E-state index contributed by atoms with van der Waals surface area (Å²) in [5.74, 6) is 3.55. The zero-order chi connectivity index (χ0) is 16.7. The van der Waals surface area contributed by atoms with Crippen molar-refractivity contribution in [1.82, 2.24) is 0 Å². The highest BCUT2D eigenvalue weighted by molar-refractivity contribution is 8.03. The van der Waals surface area contributed by atoms with E-state index in [9.17, 15) is 0 Å². The van der Waals surface area contributed by atoms with Crippen molar-refractivity contribution < 1.29 is 0 Å². The summed E-state index contributed by atoms with van der Waals surface area (Å²) in [4.78, 5) is 0. The summed E-state index contributed by atoms with van der Waals surface area (Å²) in [5, 5.41) is 6.49. The molecule has 0 radical (unpaired) electrons. The second-order valence-corrected chi connectivity index (χ2v) is 9.95. The second-order valence-electron chi connectivity index (χ2n) is 5.47. The fraction of sp³-hybridized carbons (Fsp3) is 0.0909. The van der Waals surface area contributed by atoms with Crippen LogP contribution < -0.4 is 15.9 Å². The van der Waals surface area contributed by atoms with Crippen LogP contribution in [-0.4, -0.2) is 5.75 Å². The lowest BCUT2D eigenvalue weighted by molar-refractivity contribution is 1.54. The standard InChI is InChI=1S/C22H22PS/c1-2-24-19-18-23(20-12-6-3-7-13-20,21-14-8-4-9-15-21)22-16-10-5-11-17-22/h3-19H,2H2,1H3/q+1/b19-18+. The van der Waals surface area contributed by atoms with Crippen LogP contribution in [0.15, 0.2) is 102 Å². The molecule has 2 heteroatoms. The molecule has 0 atom stereocenters. The van der Waals surface area contributed by atoms with Crippen LogP contribution in [0.3, 0.4) is 0 Å². The molecule has 24 heavy (non-hydrogen) atoms. The van der Waals surface area contributed by atoms with Crippen LogP contribution >= 0.6 is 19.0 Å². The first-order valence-electron chi connectivity index (χ1n) is 8.23. The van der Waals surface area contributed by atoms with Gasteiger partial charge in [0, 0.05) is 5.41 Å². The highest BCUT2D eigenvalue weighted by Gasteiger charge is 2.42. The first kappa shape index (κ1) is 17.0. The summed E-state index contributed by atoms with van der Waals surface area (Å²) >= 11 is 1.87. The summed E-state index contributed by atoms with van der Waals surface area (Å²) in [6.45, 7) is 2.20. The first-order valence-corrected chi connectivity index (χ1v) is 11.1. The van der Waals surface area contributed by atoms with Crippen LogP contribution in [0, 0.1) is 0 Å². The molecule has 0 N–H and O–H groups in total. The zero-order valence-electron chi connectivity index (χ0n) is 13.9. The van der Waals surface area contributed by atoms with Crippen LogP contribution in [0.25, 0.3) is 0 Å². The molecule has 3 aromatic carbocycles. The number of hydrogen-bond donors (Lipinski definition) is 0. The van der Waals surface area contributed by atoms with E-state index in [0.29, 0.717) is 0 Å². The number of benzene rings is 3. The minimum atomic E-state index is -1.78. The third kappa shape index (κ3) is 3.48. The van der Waals surface area contributed by atoms with Crippen molar-refractivity contribution in [3.63, 3.8) is 0 Å². The van der Waals surface area contributed by atoms with Crippen molar-refractivity contribution in [3.05, 3.63) is 102 Å². The van der Waals surface area contributed by atoms with Crippen molar-refractivity contribution in [1.29, 1.82) is 0 Å². The molecule has 0 bridgehead atoms. The highest BCUT2D eigenvalue weighted by Crippen LogP contribution is 2.57. The van der Waals surface area contributed by atoms with Gasteiger partial charge in [0.25, 0.3) is 0 Å². The molecule has 0 spiro atoms. The predicted octanol–water partition coefficient (Wildman–Crippen LogP) is 5.20. The fourth-order valence-corrected chi connectivity index (χ4v) is 7.53. The predicted molar refractivity (Wildman–Crippen MR) is 112 cm³/mol. The highest BCUT2D eigenvalue weighted by atomic mass is 32.2. The largest absolute Gasteiger partial charge is 0.137 e. The Hall–Kier alpha value is -1.82. The average Bonchev–Trinajstić information content (AvgIpc) is 2.68. The summed E-state index contributed by atoms with van der Waals surface area (Å²) in [6.07, 6.45) is 0. The lowest BCUT2D eigenvalue weighted by Gasteiger charge is -2.23. The summed E-state index contributed by atoms with van der Waals surface area (Å²) < 4.78 is 0. The minimum Gasteiger partial charge on any atom is -0.131 e. The molecular weight excluding hydrogens is 327 g/mol. The van der Waals surface area contributed by atoms with Gasteiger partial charge in [-0.15, -0.1) is 11.8 Å². The van der Waals surface area contributed by atoms with Crippen molar-refractivity contribution >= 4 is 34.9 Å². The van der Waals surface area contributed by atoms with Gasteiger partial charge in [0.1, 0.15) is 23.2 Å². The van der Waals surface area contributed by atoms with E-state index in [2.05, 4.69) is 109 Å². The smallest absolute Gasteiger partial charge is 0.131 e. The molecule has 3 aromatic rings. The molecular formula is C22H22PS+. The first-order chi connectivity index (χ1) is 11.9. The molecule has 3 rings (SSSR count). The minimum absolute atomic E-state index is 1.09. The summed E-state index contributed by atoms with van der Waals surface area (Å²) in [6, 6.07) is 32.8. The van der Waals surface area contributed by atoms with Gasteiger partial charge in [-0.1, -0.05) is 61.5 Å². The van der Waals surface area contributed by atoms with E-state index >= 15 is 0 Å². The fourth-order valence-electron chi connectivity index (χ4n) is 2.93. The van der Waals surface area contributed by atoms with E-state index in [4.69, 9.17) is 0 Å². The van der Waals surface area contributed by atoms with Crippen molar-refractivity contribution in [2.75, 3.05) is 5.75 Å². The molecule has 0 saturated carbocycles. The van der Waals surface area contributed by atoms with Gasteiger partial charge < -0.3 is 0 Å². The molecule has 0 aliphatic rings. The molecule has 0 amide bonds. The Bertz CT molecular complexity index is 670. The molecule has 0 heterocycles. The maximum absolute atomic E-state index is 2.46. The van der Waals surface area contributed by atoms with Gasteiger partial charge >= 0.3 is 0 Å². The Labute approximate surface area is 150 Å². The van der Waals surface area contributed by atoms with Gasteiger partial charge in [-0.2, -0.15) is 0 Å². The van der Waals surface area contributed by atoms with Crippen LogP contribution in [0.1, 0.15) is 6.92 Å². The lowest BCUT2D eigenvalue weighted by Crippen LogP contribution is -2.29. The number of hydrogen-bond acceptors (Lipinski definition) is 1. The zero-order valence-corrected chi connectivity index (χ0v) is 15.6. The summed E-state index contributed by atoms with van der Waals surface area (Å²) in [7, 11) is -1.78. The van der Waals surface area contributed by atoms with Gasteiger partial charge in [0.05, 0.1) is 5.82 Å². The van der Waals surface area contributed by atoms with E-state index in [1.54, 1.807) is 0 Å². The van der Waals surface area contributed by atoms with E-state index < -0.39 is 7.26 Å². The Morgan fingerprint density at radius 2 is 1.04 bits per heavy atom. The molecule has 120 valence electrons. The van der Waals surface area contributed by atoms with Gasteiger partial charge in [0.15, 0.2) is 0 Å². The molecule has 0 aliphatic heterocycles. The average molecular weight is 349 g/mol. The topological polar surface area (TPSA) is 0 Å². The SMILES string of the molecule is CCS/C=C/[P+](c1ccccc1)(c1ccccc1)c1ccccc1. The molecule has 0 aromatic heterocycles. The van der Waals surface area contributed by atoms with Gasteiger partial charge in [-0.25, -0.2) is 0 Å². The van der Waals surface area contributed by atoms with E-state index in [1.807, 2.05) is 11.8 Å². The van der Waals surface area contributed by atoms with Crippen LogP contribution in [-0.2, 0) is 0 Å². The van der Waals surface area contributed by atoms with Crippen LogP contribution in [0.4, 0.5) is 0 Å². The molecule has 0 unspecified atom stereocenters. The lowest BCUT2D eigenvalue weighted by atomic mass is 10.4. The Balaban J connectivity index is 2.28. The third-order valence-corrected chi connectivity index (χ3v) is 8.84. The van der Waals surface area contributed by atoms with E-state index in [1.165, 1.54) is 15.9 Å². The van der Waals surface area contributed by atoms with Crippen molar-refractivity contribution in [3.8, 4) is 0 Å².